The lowest BCUT2D eigenvalue weighted by Crippen LogP contribution is -2.32. The molecule has 3 aromatic rings. The molecule has 0 unspecified atom stereocenters. The standard InChI is InChI=1S/C23H23ClF3N5O2/c1-34-19-7-3-2-6-16(19)18(31-10-4-5-11-31)14-28-17-13-30-32(22(33)21(17)24)20-9-8-15(12-29-20)23(25,26)27/h2-3,6-9,12-13,18,28H,4-5,10-11,14H2,1H3/t18-/m1/s1. The molecule has 0 aliphatic carbocycles. The van der Waals surface area contributed by atoms with Gasteiger partial charge in [0.1, 0.15) is 10.8 Å². The number of aromatic nitrogens is 3. The van der Waals surface area contributed by atoms with Crippen LogP contribution in [0.5, 0.6) is 5.75 Å². The van der Waals surface area contributed by atoms with Gasteiger partial charge in [0, 0.05) is 18.3 Å². The van der Waals surface area contributed by atoms with E-state index in [1.54, 1.807) is 7.11 Å². The van der Waals surface area contributed by atoms with Crippen LogP contribution in [-0.4, -0.2) is 46.4 Å². The summed E-state index contributed by atoms with van der Waals surface area (Å²) >= 11 is 6.32. The Kier molecular flexibility index (Phi) is 7.08. The molecule has 11 heteroatoms. The predicted octanol–water partition coefficient (Wildman–Crippen LogP) is 4.56. The lowest BCUT2D eigenvalue weighted by molar-refractivity contribution is -0.137. The second kappa shape index (κ2) is 10.0. The molecule has 1 aliphatic rings. The number of pyridine rings is 1. The maximum absolute atomic E-state index is 12.8. The average Bonchev–Trinajstić information content (AvgIpc) is 3.36. The summed E-state index contributed by atoms with van der Waals surface area (Å²) in [6.45, 7) is 2.33. The highest BCUT2D eigenvalue weighted by Gasteiger charge is 2.31. The highest BCUT2D eigenvalue weighted by Crippen LogP contribution is 2.32. The van der Waals surface area contributed by atoms with E-state index in [-0.39, 0.29) is 16.9 Å². The molecule has 34 heavy (non-hydrogen) atoms. The van der Waals surface area contributed by atoms with E-state index >= 15 is 0 Å². The van der Waals surface area contributed by atoms with Gasteiger partial charge in [-0.25, -0.2) is 4.98 Å². The van der Waals surface area contributed by atoms with E-state index in [4.69, 9.17) is 16.3 Å². The molecule has 4 rings (SSSR count). The lowest BCUT2D eigenvalue weighted by atomic mass is 10.0. The number of rotatable bonds is 7. The first-order valence-corrected chi connectivity index (χ1v) is 11.1. The van der Waals surface area contributed by atoms with E-state index in [1.807, 2.05) is 24.3 Å². The molecule has 1 N–H and O–H groups in total. The first kappa shape index (κ1) is 24.0. The normalized spacial score (nSPS) is 15.3. The van der Waals surface area contributed by atoms with Gasteiger partial charge in [0.05, 0.1) is 30.6 Å². The van der Waals surface area contributed by atoms with Crippen LogP contribution in [0.25, 0.3) is 5.82 Å². The second-order valence-corrected chi connectivity index (χ2v) is 8.25. The molecule has 0 radical (unpaired) electrons. The molecular weight excluding hydrogens is 471 g/mol. The molecule has 1 atom stereocenters. The molecule has 1 aliphatic heterocycles. The summed E-state index contributed by atoms with van der Waals surface area (Å²) < 4.78 is 44.8. The van der Waals surface area contributed by atoms with Gasteiger partial charge in [0.15, 0.2) is 5.82 Å². The smallest absolute Gasteiger partial charge is 0.417 e. The van der Waals surface area contributed by atoms with Gasteiger partial charge >= 0.3 is 6.18 Å². The van der Waals surface area contributed by atoms with Crippen LogP contribution in [0.3, 0.4) is 0 Å². The number of likely N-dealkylation sites (tertiary alicyclic amines) is 1. The fraction of sp³-hybridized carbons (Fsp3) is 0.348. The zero-order chi connectivity index (χ0) is 24.3. The van der Waals surface area contributed by atoms with Gasteiger partial charge in [-0.3, -0.25) is 9.69 Å². The van der Waals surface area contributed by atoms with Crippen molar-refractivity contribution in [1.82, 2.24) is 19.7 Å². The van der Waals surface area contributed by atoms with Crippen molar-refractivity contribution in [2.24, 2.45) is 0 Å². The first-order valence-electron chi connectivity index (χ1n) is 10.7. The number of alkyl halides is 3. The van der Waals surface area contributed by atoms with E-state index < -0.39 is 17.3 Å². The lowest BCUT2D eigenvalue weighted by Gasteiger charge is -2.29. The quantitative estimate of drug-likeness (QED) is 0.520. The molecule has 3 heterocycles. The highest BCUT2D eigenvalue weighted by molar-refractivity contribution is 6.32. The van der Waals surface area contributed by atoms with Crippen LogP contribution in [0.2, 0.25) is 5.02 Å². The van der Waals surface area contributed by atoms with Gasteiger partial charge in [-0.05, 0) is 44.1 Å². The Bertz CT molecular complexity index is 1190. The van der Waals surface area contributed by atoms with Gasteiger partial charge in [-0.2, -0.15) is 23.0 Å². The van der Waals surface area contributed by atoms with Crippen LogP contribution < -0.4 is 15.6 Å². The van der Waals surface area contributed by atoms with E-state index in [0.29, 0.717) is 18.4 Å². The number of para-hydroxylation sites is 1. The third kappa shape index (κ3) is 5.02. The Balaban J connectivity index is 1.57. The number of hydrogen-bond acceptors (Lipinski definition) is 6. The van der Waals surface area contributed by atoms with Crippen molar-refractivity contribution in [1.29, 1.82) is 0 Å². The van der Waals surface area contributed by atoms with Gasteiger partial charge in [-0.15, -0.1) is 0 Å². The minimum atomic E-state index is -4.53. The van der Waals surface area contributed by atoms with Crippen molar-refractivity contribution in [3.8, 4) is 11.6 Å². The van der Waals surface area contributed by atoms with Crippen LogP contribution in [0.4, 0.5) is 18.9 Å². The fourth-order valence-electron chi connectivity index (χ4n) is 4.04. The molecule has 0 bridgehead atoms. The Morgan fingerprint density at radius 3 is 2.53 bits per heavy atom. The van der Waals surface area contributed by atoms with E-state index in [0.717, 1.165) is 54.1 Å². The summed E-state index contributed by atoms with van der Waals surface area (Å²) in [5.74, 6) is 0.713. The SMILES string of the molecule is COc1ccccc1[C@@H](CNc1cnn(-c2ccc(C(F)(F)F)cn2)c(=O)c1Cl)N1CCCC1. The summed E-state index contributed by atoms with van der Waals surface area (Å²) in [6, 6.07) is 9.67. The molecule has 180 valence electrons. The van der Waals surface area contributed by atoms with Gasteiger partial charge < -0.3 is 10.1 Å². The number of methoxy groups -OCH3 is 1. The minimum absolute atomic E-state index is 0.0197. The third-order valence-electron chi connectivity index (χ3n) is 5.78. The van der Waals surface area contributed by atoms with Crippen LogP contribution in [-0.2, 0) is 6.18 Å². The largest absolute Gasteiger partial charge is 0.496 e. The second-order valence-electron chi connectivity index (χ2n) is 7.87. The van der Waals surface area contributed by atoms with Gasteiger partial charge in [0.25, 0.3) is 5.56 Å². The molecule has 1 aromatic carbocycles. The van der Waals surface area contributed by atoms with Gasteiger partial charge in [0.2, 0.25) is 0 Å². The van der Waals surface area contributed by atoms with Crippen molar-refractivity contribution < 1.29 is 17.9 Å². The number of nitrogens with zero attached hydrogens (tertiary/aromatic N) is 4. The highest BCUT2D eigenvalue weighted by atomic mass is 35.5. The number of ether oxygens (including phenoxy) is 1. The number of hydrogen-bond donors (Lipinski definition) is 1. The summed E-state index contributed by atoms with van der Waals surface area (Å²) in [7, 11) is 1.63. The zero-order valence-electron chi connectivity index (χ0n) is 18.3. The van der Waals surface area contributed by atoms with Crippen molar-refractivity contribution in [3.05, 3.63) is 75.3 Å². The molecule has 1 saturated heterocycles. The summed E-state index contributed by atoms with van der Waals surface area (Å²) in [5, 5.41) is 7.14. The molecule has 1 fully saturated rings. The Morgan fingerprint density at radius 2 is 1.88 bits per heavy atom. The van der Waals surface area contributed by atoms with E-state index in [2.05, 4.69) is 20.3 Å². The number of anilines is 1. The molecule has 7 nitrogen and oxygen atoms in total. The van der Waals surface area contributed by atoms with Crippen molar-refractivity contribution in [2.75, 3.05) is 32.1 Å². The molecule has 0 spiro atoms. The number of nitrogens with one attached hydrogen (secondary N) is 1. The maximum atomic E-state index is 12.8. The van der Waals surface area contributed by atoms with Gasteiger partial charge in [-0.1, -0.05) is 29.8 Å². The molecular formula is C23H23ClF3N5O2. The van der Waals surface area contributed by atoms with Crippen LogP contribution in [0, 0.1) is 0 Å². The predicted molar refractivity (Wildman–Crippen MR) is 123 cm³/mol. The average molecular weight is 494 g/mol. The first-order chi connectivity index (χ1) is 16.3. The van der Waals surface area contributed by atoms with Crippen molar-refractivity contribution >= 4 is 17.3 Å². The number of benzene rings is 1. The third-order valence-corrected chi connectivity index (χ3v) is 6.14. The van der Waals surface area contributed by atoms with Crippen LogP contribution in [0.1, 0.15) is 30.0 Å². The Labute approximate surface area is 199 Å². The molecule has 0 amide bonds. The van der Waals surface area contributed by atoms with Crippen LogP contribution in [0.15, 0.2) is 53.6 Å². The zero-order valence-corrected chi connectivity index (χ0v) is 19.1. The van der Waals surface area contributed by atoms with E-state index in [1.165, 1.54) is 6.20 Å². The Morgan fingerprint density at radius 1 is 1.15 bits per heavy atom. The van der Waals surface area contributed by atoms with Crippen LogP contribution >= 0.6 is 11.6 Å². The fourth-order valence-corrected chi connectivity index (χ4v) is 4.23. The molecule has 0 saturated carbocycles. The summed E-state index contributed by atoms with van der Waals surface area (Å²) in [4.78, 5) is 18.8. The van der Waals surface area contributed by atoms with Crippen molar-refractivity contribution in [3.63, 3.8) is 0 Å². The minimum Gasteiger partial charge on any atom is -0.496 e. The topological polar surface area (TPSA) is 72.3 Å². The summed E-state index contributed by atoms with van der Waals surface area (Å²) in [6.07, 6.45) is -0.305. The monoisotopic (exact) mass is 493 g/mol. The van der Waals surface area contributed by atoms with Crippen molar-refractivity contribution in [2.45, 2.75) is 25.1 Å². The molecule has 2 aromatic heterocycles. The maximum Gasteiger partial charge on any atom is 0.417 e. The summed E-state index contributed by atoms with van der Waals surface area (Å²) in [5.41, 5.74) is -0.258. The number of halogens is 4. The van der Waals surface area contributed by atoms with E-state index in [9.17, 15) is 18.0 Å². The Hall–Kier alpha value is -3.11.